The number of carbonyl (C=O) groups excluding carboxylic acids is 2. The number of carbonyl (C=O) groups is 2. The van der Waals surface area contributed by atoms with Crippen LogP contribution in [-0.2, 0) is 24.3 Å². The predicted molar refractivity (Wildman–Crippen MR) is 169 cm³/mol. The van der Waals surface area contributed by atoms with Gasteiger partial charge in [0, 0.05) is 17.8 Å². The fraction of sp³-hybridized carbons (Fsp3) is 0.176. The van der Waals surface area contributed by atoms with Gasteiger partial charge in [0.15, 0.2) is 11.5 Å². The van der Waals surface area contributed by atoms with Gasteiger partial charge in [-0.3, -0.25) is 23.5 Å². The standard InChI is InChI=1S/C34H31FN4O6/c1-44-29-16-9-22(19-30(29)45-2)17-18-36-32(41)24-10-7-23(8-11-24)20-39-33(42)27-5-3-4-6-28(27)38(34(39)43)21-31(40)37-26-14-12-25(35)13-15-26/h3-16,19H,17-18,20-21H2,1-2H3,(H,36,41)(H,37,40). The van der Waals surface area contributed by atoms with Crippen LogP contribution in [0.15, 0.2) is 101 Å². The zero-order valence-electron chi connectivity index (χ0n) is 24.7. The number of para-hydroxylation sites is 1. The molecular formula is C34H31FN4O6. The maximum Gasteiger partial charge on any atom is 0.332 e. The third-order valence-corrected chi connectivity index (χ3v) is 7.27. The van der Waals surface area contributed by atoms with E-state index in [-0.39, 0.29) is 24.4 Å². The van der Waals surface area contributed by atoms with Crippen molar-refractivity contribution >= 4 is 28.4 Å². The van der Waals surface area contributed by atoms with Gasteiger partial charge in [0.25, 0.3) is 11.5 Å². The summed E-state index contributed by atoms with van der Waals surface area (Å²) in [5.41, 5.74) is 1.55. The molecule has 0 atom stereocenters. The minimum atomic E-state index is -0.662. The summed E-state index contributed by atoms with van der Waals surface area (Å²) in [6.45, 7) is -0.0282. The summed E-state index contributed by atoms with van der Waals surface area (Å²) in [6, 6.07) is 24.0. The average molecular weight is 611 g/mol. The largest absolute Gasteiger partial charge is 0.493 e. The first kappa shape index (κ1) is 30.7. The normalized spacial score (nSPS) is 10.8. The molecule has 5 aromatic rings. The average Bonchev–Trinajstić information content (AvgIpc) is 3.06. The van der Waals surface area contributed by atoms with E-state index < -0.39 is 23.0 Å². The second-order valence-electron chi connectivity index (χ2n) is 10.2. The monoisotopic (exact) mass is 610 g/mol. The molecule has 0 spiro atoms. The van der Waals surface area contributed by atoms with Crippen molar-refractivity contribution in [1.82, 2.24) is 14.5 Å². The Hall–Kier alpha value is -5.71. The summed E-state index contributed by atoms with van der Waals surface area (Å²) in [7, 11) is 3.13. The van der Waals surface area contributed by atoms with Crippen molar-refractivity contribution in [3.05, 3.63) is 134 Å². The topological polar surface area (TPSA) is 121 Å². The minimum absolute atomic E-state index is 0.0662. The van der Waals surface area contributed by atoms with E-state index in [2.05, 4.69) is 10.6 Å². The molecule has 0 saturated heterocycles. The van der Waals surface area contributed by atoms with Crippen molar-refractivity contribution in [1.29, 1.82) is 0 Å². The molecule has 0 aliphatic heterocycles. The quantitative estimate of drug-likeness (QED) is 0.234. The van der Waals surface area contributed by atoms with Crippen molar-refractivity contribution in [2.45, 2.75) is 19.5 Å². The highest BCUT2D eigenvalue weighted by molar-refractivity contribution is 5.94. The number of nitrogens with zero attached hydrogens (tertiary/aromatic N) is 2. The SMILES string of the molecule is COc1ccc(CCNC(=O)c2ccc(Cn3c(=O)c4ccccc4n(CC(=O)Nc4ccc(F)cc4)c3=O)cc2)cc1OC. The van der Waals surface area contributed by atoms with Gasteiger partial charge in [0.1, 0.15) is 12.4 Å². The Morgan fingerprint density at radius 2 is 1.49 bits per heavy atom. The molecule has 230 valence electrons. The summed E-state index contributed by atoms with van der Waals surface area (Å²) in [5, 5.41) is 5.81. The van der Waals surface area contributed by atoms with Crippen LogP contribution in [0, 0.1) is 5.82 Å². The summed E-state index contributed by atoms with van der Waals surface area (Å²) >= 11 is 0. The molecule has 10 nitrogen and oxygen atoms in total. The van der Waals surface area contributed by atoms with Gasteiger partial charge in [0.05, 0.1) is 31.7 Å². The lowest BCUT2D eigenvalue weighted by atomic mass is 10.1. The molecule has 2 amide bonds. The molecule has 4 aromatic carbocycles. The fourth-order valence-electron chi connectivity index (χ4n) is 4.94. The number of amides is 2. The third kappa shape index (κ3) is 7.10. The number of benzene rings is 4. The Kier molecular flexibility index (Phi) is 9.37. The molecule has 0 fully saturated rings. The summed E-state index contributed by atoms with van der Waals surface area (Å²) in [4.78, 5) is 52.5. The molecule has 0 unspecified atom stereocenters. The van der Waals surface area contributed by atoms with Crippen LogP contribution in [0.4, 0.5) is 10.1 Å². The summed E-state index contributed by atoms with van der Waals surface area (Å²) in [5.74, 6) is 0.0205. The van der Waals surface area contributed by atoms with Gasteiger partial charge < -0.3 is 20.1 Å². The number of methoxy groups -OCH3 is 2. The summed E-state index contributed by atoms with van der Waals surface area (Å²) in [6.07, 6.45) is 0.587. The molecule has 2 N–H and O–H groups in total. The Balaban J connectivity index is 1.29. The van der Waals surface area contributed by atoms with E-state index in [0.717, 1.165) is 10.1 Å². The van der Waals surface area contributed by atoms with E-state index in [1.165, 1.54) is 28.8 Å². The van der Waals surface area contributed by atoms with Gasteiger partial charge in [-0.2, -0.15) is 0 Å². The van der Waals surface area contributed by atoms with Crippen LogP contribution in [0.2, 0.25) is 0 Å². The molecular weight excluding hydrogens is 579 g/mol. The van der Waals surface area contributed by atoms with Gasteiger partial charge >= 0.3 is 5.69 Å². The molecule has 0 radical (unpaired) electrons. The van der Waals surface area contributed by atoms with Gasteiger partial charge in [-0.1, -0.05) is 30.3 Å². The Bertz CT molecular complexity index is 1970. The predicted octanol–water partition coefficient (Wildman–Crippen LogP) is 3.98. The lowest BCUT2D eigenvalue weighted by Crippen LogP contribution is -2.42. The molecule has 0 aliphatic carbocycles. The number of nitrogens with one attached hydrogen (secondary N) is 2. The van der Waals surface area contributed by atoms with Crippen molar-refractivity contribution in [2.24, 2.45) is 0 Å². The highest BCUT2D eigenvalue weighted by Crippen LogP contribution is 2.27. The molecule has 0 saturated carbocycles. The van der Waals surface area contributed by atoms with Crippen molar-refractivity contribution < 1.29 is 23.5 Å². The number of halogens is 1. The smallest absolute Gasteiger partial charge is 0.332 e. The maximum absolute atomic E-state index is 13.5. The highest BCUT2D eigenvalue weighted by atomic mass is 19.1. The van der Waals surface area contributed by atoms with Gasteiger partial charge in [-0.25, -0.2) is 9.18 Å². The number of hydrogen-bond acceptors (Lipinski definition) is 6. The van der Waals surface area contributed by atoms with Gasteiger partial charge in [-0.05, 0) is 78.2 Å². The lowest BCUT2D eigenvalue weighted by molar-refractivity contribution is -0.116. The fourth-order valence-corrected chi connectivity index (χ4v) is 4.94. The minimum Gasteiger partial charge on any atom is -0.493 e. The third-order valence-electron chi connectivity index (χ3n) is 7.27. The number of aromatic nitrogens is 2. The first-order valence-corrected chi connectivity index (χ1v) is 14.1. The van der Waals surface area contributed by atoms with Crippen LogP contribution >= 0.6 is 0 Å². The first-order chi connectivity index (χ1) is 21.8. The van der Waals surface area contributed by atoms with Gasteiger partial charge in [-0.15, -0.1) is 0 Å². The van der Waals surface area contributed by atoms with Gasteiger partial charge in [0.2, 0.25) is 5.91 Å². The van der Waals surface area contributed by atoms with Crippen molar-refractivity contribution in [3.8, 4) is 11.5 Å². The number of ether oxygens (including phenoxy) is 2. The number of rotatable bonds is 11. The molecule has 11 heteroatoms. The Morgan fingerprint density at radius 1 is 0.800 bits per heavy atom. The zero-order chi connectivity index (χ0) is 31.9. The molecule has 0 aliphatic rings. The van der Waals surface area contributed by atoms with E-state index >= 15 is 0 Å². The van der Waals surface area contributed by atoms with E-state index in [1.807, 2.05) is 18.2 Å². The van der Waals surface area contributed by atoms with Crippen LogP contribution in [0.1, 0.15) is 21.5 Å². The van der Waals surface area contributed by atoms with Crippen molar-refractivity contribution in [3.63, 3.8) is 0 Å². The summed E-state index contributed by atoms with van der Waals surface area (Å²) < 4.78 is 26.1. The van der Waals surface area contributed by atoms with Crippen LogP contribution in [-0.4, -0.2) is 41.7 Å². The maximum atomic E-state index is 13.5. The molecule has 5 rings (SSSR count). The number of hydrogen-bond donors (Lipinski definition) is 2. The van der Waals surface area contributed by atoms with Crippen LogP contribution < -0.4 is 31.4 Å². The van der Waals surface area contributed by atoms with E-state index in [9.17, 15) is 23.6 Å². The second kappa shape index (κ2) is 13.7. The second-order valence-corrected chi connectivity index (χ2v) is 10.2. The highest BCUT2D eigenvalue weighted by Gasteiger charge is 2.16. The molecule has 1 heterocycles. The Morgan fingerprint density at radius 3 is 2.20 bits per heavy atom. The van der Waals surface area contributed by atoms with Crippen LogP contribution in [0.25, 0.3) is 10.9 Å². The number of fused-ring (bicyclic) bond motifs is 1. The zero-order valence-corrected chi connectivity index (χ0v) is 24.7. The molecule has 1 aromatic heterocycles. The lowest BCUT2D eigenvalue weighted by Gasteiger charge is -2.14. The molecule has 0 bridgehead atoms. The van der Waals surface area contributed by atoms with Crippen molar-refractivity contribution in [2.75, 3.05) is 26.1 Å². The number of anilines is 1. The molecule has 45 heavy (non-hydrogen) atoms. The van der Waals surface area contributed by atoms with E-state index in [1.54, 1.807) is 62.8 Å². The Labute approximate surface area is 257 Å². The van der Waals surface area contributed by atoms with Crippen LogP contribution in [0.3, 0.4) is 0 Å². The first-order valence-electron chi connectivity index (χ1n) is 14.1. The van der Waals surface area contributed by atoms with Crippen LogP contribution in [0.5, 0.6) is 11.5 Å². The van der Waals surface area contributed by atoms with E-state index in [0.29, 0.717) is 46.8 Å². The van der Waals surface area contributed by atoms with E-state index in [4.69, 9.17) is 9.47 Å².